The molecule has 0 spiro atoms. The summed E-state index contributed by atoms with van der Waals surface area (Å²) in [5.41, 5.74) is 0. The molecule has 0 aromatic heterocycles. The molecule has 0 aliphatic carbocycles. The first-order chi connectivity index (χ1) is 3.56. The fourth-order valence-electron chi connectivity index (χ4n) is 0.144. The zero-order valence-corrected chi connectivity index (χ0v) is 8.06. The van der Waals surface area contributed by atoms with Gasteiger partial charge >= 0.3 is 17.1 Å². The van der Waals surface area contributed by atoms with Crippen LogP contribution < -0.4 is 0 Å². The van der Waals surface area contributed by atoms with Crippen molar-refractivity contribution in [2.24, 2.45) is 0 Å². The van der Waals surface area contributed by atoms with E-state index in [1.165, 1.54) is 6.08 Å². The normalized spacial score (nSPS) is 10.0. The van der Waals surface area contributed by atoms with Gasteiger partial charge in [0, 0.05) is 0 Å². The van der Waals surface area contributed by atoms with Crippen LogP contribution in [0.1, 0.15) is 0 Å². The second kappa shape index (κ2) is 5.90. The van der Waals surface area contributed by atoms with Crippen LogP contribution in [0.15, 0.2) is 12.7 Å². The van der Waals surface area contributed by atoms with Crippen LogP contribution in [0.4, 0.5) is 0 Å². The summed E-state index contributed by atoms with van der Waals surface area (Å²) in [6.45, 7) is 3.50. The van der Waals surface area contributed by atoms with Crippen molar-refractivity contribution in [1.29, 1.82) is 0 Å². The molecule has 0 aliphatic heterocycles. The van der Waals surface area contributed by atoms with Gasteiger partial charge in [-0.25, -0.2) is 0 Å². The van der Waals surface area contributed by atoms with Crippen molar-refractivity contribution in [2.45, 2.75) is 0 Å². The van der Waals surface area contributed by atoms with Gasteiger partial charge in [-0.15, -0.1) is 6.58 Å². The molecule has 0 fully saturated rings. The molecule has 0 rings (SSSR count). The number of rotatable bonds is 3. The Bertz CT molecular complexity index is 123. The van der Waals surface area contributed by atoms with Crippen molar-refractivity contribution in [3.05, 3.63) is 12.7 Å². The van der Waals surface area contributed by atoms with E-state index in [0.29, 0.717) is 0 Å². The van der Waals surface area contributed by atoms with Gasteiger partial charge in [-0.2, -0.15) is 0 Å². The minimum absolute atomic E-state index is 0. The van der Waals surface area contributed by atoms with E-state index in [-0.39, 0.29) is 23.7 Å². The van der Waals surface area contributed by atoms with Crippen LogP contribution in [0.25, 0.3) is 0 Å². The number of hydrogen-bond acceptors (Lipinski definition) is 4. The minimum atomic E-state index is -3.09. The third kappa shape index (κ3) is 12.4. The summed E-state index contributed by atoms with van der Waals surface area (Å²) in [4.78, 5) is 0. The van der Waals surface area contributed by atoms with Crippen molar-refractivity contribution >= 4 is 30.3 Å². The quantitative estimate of drug-likeness (QED) is 0.313. The first-order valence-electron chi connectivity index (χ1n) is 1.84. The van der Waals surface area contributed by atoms with Crippen LogP contribution in [0.3, 0.4) is 0 Å². The Hall–Kier alpha value is 1.15. The average molecular weight is 224 g/mol. The Morgan fingerprint density at radius 1 is 1.67 bits per heavy atom. The maximum Gasteiger partial charge on any atom is 2.00 e. The second-order valence-corrected chi connectivity index (χ2v) is 5.76. The molecule has 9 heavy (non-hydrogen) atoms. The molecule has 0 radical (unpaired) electrons. The van der Waals surface area contributed by atoms with Gasteiger partial charge in [0.1, 0.15) is 0 Å². The Morgan fingerprint density at radius 3 is 2.22 bits per heavy atom. The molecule has 0 unspecified atom stereocenters. The molecule has 0 N–H and O–H groups in total. The van der Waals surface area contributed by atoms with E-state index in [4.69, 9.17) is 0 Å². The van der Waals surface area contributed by atoms with Crippen molar-refractivity contribution in [1.82, 2.24) is 0 Å². The smallest absolute Gasteiger partial charge is 0.714 e. The average Bonchev–Trinajstić information content (AvgIpc) is 1.59. The first-order valence-corrected chi connectivity index (χ1v) is 5.49. The van der Waals surface area contributed by atoms with Crippen molar-refractivity contribution in [2.75, 3.05) is 6.61 Å². The molecular weight excluding hydrogens is 219 g/mol. The zero-order valence-electron chi connectivity index (χ0n) is 4.43. The SMILES string of the molecule is C=CCOP(=O)([S-])[S-].[Fe+2]. The Labute approximate surface area is 75.7 Å². The van der Waals surface area contributed by atoms with E-state index in [0.717, 1.165) is 0 Å². The molecular formula is C3H5FeO2PS2. The van der Waals surface area contributed by atoms with Gasteiger partial charge in [-0.05, 0) is 5.77 Å². The van der Waals surface area contributed by atoms with E-state index in [1.54, 1.807) is 0 Å². The van der Waals surface area contributed by atoms with Gasteiger partial charge in [0.2, 0.25) is 0 Å². The Morgan fingerprint density at radius 2 is 2.11 bits per heavy atom. The van der Waals surface area contributed by atoms with Gasteiger partial charge in [-0.1, -0.05) is 6.08 Å². The topological polar surface area (TPSA) is 26.3 Å². The van der Waals surface area contributed by atoms with Gasteiger partial charge in [0.15, 0.2) is 0 Å². The van der Waals surface area contributed by atoms with Gasteiger partial charge < -0.3 is 33.6 Å². The number of hydrogen-bond donors (Lipinski definition) is 0. The maximum absolute atomic E-state index is 10.3. The van der Waals surface area contributed by atoms with Crippen LogP contribution in [-0.2, 0) is 50.7 Å². The third-order valence-corrected chi connectivity index (χ3v) is 1.45. The van der Waals surface area contributed by atoms with E-state index < -0.39 is 5.77 Å². The predicted octanol–water partition coefficient (Wildman–Crippen LogP) is 1.39. The van der Waals surface area contributed by atoms with Crippen LogP contribution in [0.2, 0.25) is 0 Å². The van der Waals surface area contributed by atoms with E-state index in [9.17, 15) is 4.57 Å². The van der Waals surface area contributed by atoms with E-state index in [2.05, 4.69) is 35.6 Å². The van der Waals surface area contributed by atoms with Gasteiger partial charge in [0.25, 0.3) is 0 Å². The molecule has 0 saturated heterocycles. The minimum Gasteiger partial charge on any atom is -0.714 e. The largest absolute Gasteiger partial charge is 2.00 e. The van der Waals surface area contributed by atoms with Crippen molar-refractivity contribution < 1.29 is 26.2 Å². The molecule has 0 atom stereocenters. The van der Waals surface area contributed by atoms with Crippen molar-refractivity contribution in [3.63, 3.8) is 0 Å². The summed E-state index contributed by atoms with van der Waals surface area (Å²) in [7, 11) is 0. The van der Waals surface area contributed by atoms with Crippen LogP contribution in [-0.4, -0.2) is 6.61 Å². The molecule has 6 heteroatoms. The van der Waals surface area contributed by atoms with Crippen LogP contribution in [0.5, 0.6) is 0 Å². The zero-order chi connectivity index (χ0) is 6.62. The van der Waals surface area contributed by atoms with Gasteiger partial charge in [-0.3, -0.25) is 0 Å². The summed E-state index contributed by atoms with van der Waals surface area (Å²) in [6, 6.07) is 0. The standard InChI is InChI=1S/C3H7O2PS2.Fe/c1-2-3-5-6(4,7)8;/h2H,1,3H2,(H2,4,7,8);/q;+2/p-2. The van der Waals surface area contributed by atoms with Crippen LogP contribution in [0, 0.1) is 0 Å². The molecule has 0 bridgehead atoms. The molecule has 0 saturated carbocycles. The van der Waals surface area contributed by atoms with E-state index in [1.807, 2.05) is 0 Å². The summed E-state index contributed by atoms with van der Waals surface area (Å²) in [5, 5.41) is 0. The molecule has 0 aromatic rings. The molecule has 0 aliphatic rings. The molecule has 0 aromatic carbocycles. The fraction of sp³-hybridized carbons (Fsp3) is 0.333. The second-order valence-electron chi connectivity index (χ2n) is 1.03. The summed E-state index contributed by atoms with van der Waals surface area (Å²) in [6.07, 6.45) is 1.45. The summed E-state index contributed by atoms with van der Waals surface area (Å²) < 4.78 is 14.8. The van der Waals surface area contributed by atoms with Crippen molar-refractivity contribution in [3.8, 4) is 0 Å². The Balaban J connectivity index is 0. The third-order valence-electron chi connectivity index (χ3n) is 0.351. The summed E-state index contributed by atoms with van der Waals surface area (Å²) >= 11 is 8.50. The molecule has 0 amide bonds. The molecule has 0 heterocycles. The molecule has 2 nitrogen and oxygen atoms in total. The monoisotopic (exact) mass is 224 g/mol. The van der Waals surface area contributed by atoms with Gasteiger partial charge in [0.05, 0.1) is 6.61 Å². The molecule has 54 valence electrons. The first kappa shape index (κ1) is 12.8. The van der Waals surface area contributed by atoms with E-state index >= 15 is 0 Å². The predicted molar refractivity (Wildman–Crippen MR) is 38.5 cm³/mol. The Kier molecular flexibility index (Phi) is 8.38. The fourth-order valence-corrected chi connectivity index (χ4v) is 0.797. The van der Waals surface area contributed by atoms with Crippen LogP contribution >= 0.6 is 5.77 Å². The maximum atomic E-state index is 10.3. The summed E-state index contributed by atoms with van der Waals surface area (Å²) in [5.74, 6) is -3.09.